The molecule has 1 aromatic heterocycles. The van der Waals surface area contributed by atoms with E-state index in [-0.39, 0.29) is 0 Å². The van der Waals surface area contributed by atoms with Crippen LogP contribution >= 0.6 is 0 Å². The SMILES string of the molecule is COc1cc2c(cc1N=Cc1ccc(N(C)C)cc1)oc1ccccc12. The summed E-state index contributed by atoms with van der Waals surface area (Å²) >= 11 is 0. The maximum Gasteiger partial charge on any atom is 0.145 e. The standard InChI is InChI=1S/C22H20N2O2/c1-24(2)16-10-8-15(9-11-16)14-23-19-13-21-18(12-22(19)25-3)17-6-4-5-7-20(17)26-21/h4-14H,1-3H3. The average Bonchev–Trinajstić information content (AvgIpc) is 3.03. The highest BCUT2D eigenvalue weighted by molar-refractivity contribution is 6.06. The molecule has 0 amide bonds. The van der Waals surface area contributed by atoms with Gasteiger partial charge >= 0.3 is 0 Å². The van der Waals surface area contributed by atoms with Crippen LogP contribution in [0, 0.1) is 0 Å². The Balaban J connectivity index is 1.74. The number of methoxy groups -OCH3 is 1. The second-order valence-corrected chi connectivity index (χ2v) is 6.36. The second kappa shape index (κ2) is 6.56. The molecular formula is C22H20N2O2. The predicted octanol–water partition coefficient (Wildman–Crippen LogP) is 5.41. The summed E-state index contributed by atoms with van der Waals surface area (Å²) in [5.41, 5.74) is 4.61. The lowest BCUT2D eigenvalue weighted by Gasteiger charge is -2.11. The molecule has 0 aliphatic rings. The van der Waals surface area contributed by atoms with Crippen molar-refractivity contribution < 1.29 is 9.15 Å². The number of fused-ring (bicyclic) bond motifs is 3. The molecule has 0 saturated heterocycles. The normalized spacial score (nSPS) is 11.5. The lowest BCUT2D eigenvalue weighted by atomic mass is 10.1. The molecule has 0 saturated carbocycles. The van der Waals surface area contributed by atoms with Gasteiger partial charge in [-0.05, 0) is 29.8 Å². The zero-order chi connectivity index (χ0) is 18.1. The highest BCUT2D eigenvalue weighted by Gasteiger charge is 2.11. The van der Waals surface area contributed by atoms with Crippen LogP contribution in [0.25, 0.3) is 21.9 Å². The minimum Gasteiger partial charge on any atom is -0.494 e. The van der Waals surface area contributed by atoms with Crippen molar-refractivity contribution in [2.75, 3.05) is 26.1 Å². The predicted molar refractivity (Wildman–Crippen MR) is 108 cm³/mol. The van der Waals surface area contributed by atoms with Crippen molar-refractivity contribution in [1.29, 1.82) is 0 Å². The minimum absolute atomic E-state index is 0.727. The lowest BCUT2D eigenvalue weighted by Crippen LogP contribution is -2.08. The molecule has 1 heterocycles. The van der Waals surface area contributed by atoms with Crippen LogP contribution in [0.2, 0.25) is 0 Å². The summed E-state index contributed by atoms with van der Waals surface area (Å²) < 4.78 is 11.5. The van der Waals surface area contributed by atoms with E-state index in [2.05, 4.69) is 28.1 Å². The zero-order valence-electron chi connectivity index (χ0n) is 15.1. The summed E-state index contributed by atoms with van der Waals surface area (Å²) in [6.45, 7) is 0. The van der Waals surface area contributed by atoms with Crippen molar-refractivity contribution in [3.8, 4) is 5.75 Å². The Kier molecular flexibility index (Phi) is 4.09. The summed E-state index contributed by atoms with van der Waals surface area (Å²) in [5, 5.41) is 2.11. The monoisotopic (exact) mass is 344 g/mol. The maximum absolute atomic E-state index is 5.95. The fourth-order valence-corrected chi connectivity index (χ4v) is 3.01. The molecule has 26 heavy (non-hydrogen) atoms. The molecule has 4 aromatic rings. The first-order chi connectivity index (χ1) is 12.7. The second-order valence-electron chi connectivity index (χ2n) is 6.36. The van der Waals surface area contributed by atoms with Crippen LogP contribution in [-0.4, -0.2) is 27.4 Å². The van der Waals surface area contributed by atoms with Gasteiger partial charge in [0.2, 0.25) is 0 Å². The Morgan fingerprint density at radius 2 is 1.69 bits per heavy atom. The molecule has 0 bridgehead atoms. The minimum atomic E-state index is 0.727. The van der Waals surface area contributed by atoms with E-state index in [1.807, 2.05) is 62.8 Å². The van der Waals surface area contributed by atoms with Gasteiger partial charge in [-0.2, -0.15) is 0 Å². The van der Waals surface area contributed by atoms with Gasteiger partial charge in [0.15, 0.2) is 0 Å². The van der Waals surface area contributed by atoms with Crippen LogP contribution in [0.3, 0.4) is 0 Å². The number of rotatable bonds is 4. The van der Waals surface area contributed by atoms with Gasteiger partial charge in [-0.1, -0.05) is 30.3 Å². The van der Waals surface area contributed by atoms with Crippen LogP contribution in [0.15, 0.2) is 70.1 Å². The van der Waals surface area contributed by atoms with E-state index >= 15 is 0 Å². The van der Waals surface area contributed by atoms with Gasteiger partial charge < -0.3 is 14.1 Å². The highest BCUT2D eigenvalue weighted by atomic mass is 16.5. The first-order valence-corrected chi connectivity index (χ1v) is 8.46. The first-order valence-electron chi connectivity index (χ1n) is 8.46. The molecular weight excluding hydrogens is 324 g/mol. The van der Waals surface area contributed by atoms with E-state index in [1.54, 1.807) is 7.11 Å². The van der Waals surface area contributed by atoms with Crippen LogP contribution in [0.1, 0.15) is 5.56 Å². The third-order valence-corrected chi connectivity index (χ3v) is 4.44. The third-order valence-electron chi connectivity index (χ3n) is 4.44. The molecule has 0 aliphatic heterocycles. The Morgan fingerprint density at radius 1 is 0.923 bits per heavy atom. The van der Waals surface area contributed by atoms with Crippen LogP contribution in [-0.2, 0) is 0 Å². The van der Waals surface area contributed by atoms with Crippen molar-refractivity contribution in [3.05, 3.63) is 66.2 Å². The quantitative estimate of drug-likeness (QED) is 0.465. The third kappa shape index (κ3) is 2.90. The molecule has 0 spiro atoms. The van der Waals surface area contributed by atoms with Gasteiger partial charge in [-0.25, -0.2) is 0 Å². The van der Waals surface area contributed by atoms with Gasteiger partial charge in [-0.15, -0.1) is 0 Å². The molecule has 4 heteroatoms. The Morgan fingerprint density at radius 3 is 2.42 bits per heavy atom. The molecule has 130 valence electrons. The van der Waals surface area contributed by atoms with Crippen LogP contribution in [0.5, 0.6) is 5.75 Å². The van der Waals surface area contributed by atoms with Gasteiger partial charge in [0.1, 0.15) is 22.6 Å². The Bertz CT molecular complexity index is 1090. The molecule has 0 aliphatic carbocycles. The van der Waals surface area contributed by atoms with E-state index in [1.165, 1.54) is 0 Å². The summed E-state index contributed by atoms with van der Waals surface area (Å²) in [6, 6.07) is 20.2. The van der Waals surface area contributed by atoms with E-state index in [0.29, 0.717) is 0 Å². The van der Waals surface area contributed by atoms with Crippen molar-refractivity contribution in [2.45, 2.75) is 0 Å². The number of nitrogens with zero attached hydrogens (tertiary/aromatic N) is 2. The Labute approximate surface area is 152 Å². The van der Waals surface area contributed by atoms with E-state index < -0.39 is 0 Å². The molecule has 0 unspecified atom stereocenters. The number of hydrogen-bond donors (Lipinski definition) is 0. The van der Waals surface area contributed by atoms with Crippen LogP contribution in [0.4, 0.5) is 11.4 Å². The topological polar surface area (TPSA) is 38.0 Å². The van der Waals surface area contributed by atoms with Crippen molar-refractivity contribution in [1.82, 2.24) is 0 Å². The van der Waals surface area contributed by atoms with E-state index in [9.17, 15) is 0 Å². The number of hydrogen-bond acceptors (Lipinski definition) is 4. The number of aliphatic imine (C=N–C) groups is 1. The highest BCUT2D eigenvalue weighted by Crippen LogP contribution is 2.37. The fraction of sp³-hybridized carbons (Fsp3) is 0.136. The van der Waals surface area contributed by atoms with E-state index in [0.717, 1.165) is 44.6 Å². The number of anilines is 1. The molecule has 3 aromatic carbocycles. The van der Waals surface area contributed by atoms with Gasteiger partial charge in [0.05, 0.1) is 7.11 Å². The maximum atomic E-state index is 5.95. The molecule has 4 rings (SSSR count). The summed E-state index contributed by atoms with van der Waals surface area (Å²) in [7, 11) is 5.71. The van der Waals surface area contributed by atoms with Crippen molar-refractivity contribution in [2.24, 2.45) is 4.99 Å². The Hall–Kier alpha value is -3.27. The fourth-order valence-electron chi connectivity index (χ4n) is 3.01. The lowest BCUT2D eigenvalue weighted by molar-refractivity contribution is 0.416. The average molecular weight is 344 g/mol. The molecule has 0 fully saturated rings. The largest absolute Gasteiger partial charge is 0.494 e. The number of benzene rings is 3. The zero-order valence-corrected chi connectivity index (χ0v) is 15.1. The van der Waals surface area contributed by atoms with Gasteiger partial charge in [0, 0.05) is 42.8 Å². The van der Waals surface area contributed by atoms with E-state index in [4.69, 9.17) is 9.15 Å². The summed E-state index contributed by atoms with van der Waals surface area (Å²) in [5.74, 6) is 0.727. The molecule has 0 atom stereocenters. The van der Waals surface area contributed by atoms with Crippen LogP contribution < -0.4 is 9.64 Å². The summed E-state index contributed by atoms with van der Waals surface area (Å²) in [4.78, 5) is 6.69. The smallest absolute Gasteiger partial charge is 0.145 e. The first kappa shape index (κ1) is 16.2. The van der Waals surface area contributed by atoms with Gasteiger partial charge in [-0.3, -0.25) is 4.99 Å². The van der Waals surface area contributed by atoms with Crippen molar-refractivity contribution >= 4 is 39.5 Å². The number of furan rings is 1. The number of para-hydroxylation sites is 1. The number of ether oxygens (including phenoxy) is 1. The molecule has 0 radical (unpaired) electrons. The van der Waals surface area contributed by atoms with Crippen molar-refractivity contribution in [3.63, 3.8) is 0 Å². The molecule has 0 N–H and O–H groups in total. The summed E-state index contributed by atoms with van der Waals surface area (Å²) in [6.07, 6.45) is 1.84. The molecule has 4 nitrogen and oxygen atoms in total. The van der Waals surface area contributed by atoms with Gasteiger partial charge in [0.25, 0.3) is 0 Å².